The number of nitrogens with one attached hydrogen (secondary N) is 1. The summed E-state index contributed by atoms with van der Waals surface area (Å²) in [6, 6.07) is 5.20. The summed E-state index contributed by atoms with van der Waals surface area (Å²) in [6.45, 7) is 5.83. The maximum atomic E-state index is 11.9. The minimum absolute atomic E-state index is 0.167. The molecule has 17 heavy (non-hydrogen) atoms. The predicted molar refractivity (Wildman–Crippen MR) is 82.9 cm³/mol. The van der Waals surface area contributed by atoms with Gasteiger partial charge in [0, 0.05) is 8.04 Å². The van der Waals surface area contributed by atoms with E-state index in [4.69, 9.17) is 5.73 Å². The summed E-state index contributed by atoms with van der Waals surface area (Å²) in [5, 5.41) is 2.83. The molecule has 0 saturated heterocycles. The van der Waals surface area contributed by atoms with E-state index in [9.17, 15) is 4.79 Å². The monoisotopic (exact) mass is 410 g/mol. The first kappa shape index (κ1) is 14.9. The van der Waals surface area contributed by atoms with Crippen molar-refractivity contribution in [2.75, 3.05) is 5.32 Å². The molecule has 1 rings (SSSR count). The molecule has 94 valence electrons. The number of carbonyl (C=O) groups excluding carboxylic acids is 1. The van der Waals surface area contributed by atoms with Crippen LogP contribution in [-0.4, -0.2) is 11.9 Å². The van der Waals surface area contributed by atoms with Crippen LogP contribution in [-0.2, 0) is 4.79 Å². The van der Waals surface area contributed by atoms with E-state index in [2.05, 4.69) is 43.8 Å². The van der Waals surface area contributed by atoms with Crippen molar-refractivity contribution in [3.8, 4) is 0 Å². The molecule has 0 aliphatic heterocycles. The molecule has 5 heteroatoms. The van der Waals surface area contributed by atoms with E-state index in [1.807, 2.05) is 39.0 Å². The maximum Gasteiger partial charge on any atom is 0.241 e. The van der Waals surface area contributed by atoms with Gasteiger partial charge < -0.3 is 11.1 Å². The van der Waals surface area contributed by atoms with Crippen LogP contribution in [0.3, 0.4) is 0 Å². The number of rotatable bonds is 2. The average molecular weight is 411 g/mol. The molecule has 0 spiro atoms. The molecule has 0 heterocycles. The molecule has 0 aliphatic rings. The highest BCUT2D eigenvalue weighted by molar-refractivity contribution is 14.1. The number of hydrogen-bond acceptors (Lipinski definition) is 2. The fraction of sp³-hybridized carbons (Fsp3) is 0.417. The predicted octanol–water partition coefficient (Wildman–Crippen LogP) is 3.37. The minimum Gasteiger partial charge on any atom is -0.324 e. The zero-order valence-electron chi connectivity index (χ0n) is 10.1. The number of carbonyl (C=O) groups is 1. The Morgan fingerprint density at radius 2 is 2.06 bits per heavy atom. The van der Waals surface area contributed by atoms with E-state index in [1.54, 1.807) is 0 Å². The van der Waals surface area contributed by atoms with Crippen molar-refractivity contribution in [2.45, 2.75) is 26.8 Å². The second-order valence-electron chi connectivity index (χ2n) is 4.96. The third-order valence-electron chi connectivity index (χ3n) is 2.40. The number of amides is 1. The van der Waals surface area contributed by atoms with Gasteiger partial charge in [-0.05, 0) is 62.1 Å². The van der Waals surface area contributed by atoms with Crippen LogP contribution in [0.25, 0.3) is 0 Å². The van der Waals surface area contributed by atoms with E-state index in [1.165, 1.54) is 0 Å². The Morgan fingerprint density at radius 1 is 1.47 bits per heavy atom. The van der Waals surface area contributed by atoms with Gasteiger partial charge in [0.1, 0.15) is 0 Å². The third kappa shape index (κ3) is 4.22. The van der Waals surface area contributed by atoms with Crippen LogP contribution in [0, 0.1) is 8.99 Å². The topological polar surface area (TPSA) is 55.1 Å². The normalized spacial score (nSPS) is 13.3. The van der Waals surface area contributed by atoms with Gasteiger partial charge in [0.25, 0.3) is 0 Å². The van der Waals surface area contributed by atoms with Gasteiger partial charge in [-0.1, -0.05) is 20.8 Å². The van der Waals surface area contributed by atoms with E-state index >= 15 is 0 Å². The summed E-state index contributed by atoms with van der Waals surface area (Å²) < 4.78 is 1.96. The molecule has 3 nitrogen and oxygen atoms in total. The Bertz CT molecular complexity index is 429. The second kappa shape index (κ2) is 5.67. The Balaban J connectivity index is 2.82. The van der Waals surface area contributed by atoms with Crippen LogP contribution < -0.4 is 11.1 Å². The van der Waals surface area contributed by atoms with Crippen molar-refractivity contribution < 1.29 is 4.79 Å². The van der Waals surface area contributed by atoms with Crippen LogP contribution in [0.5, 0.6) is 0 Å². The summed E-state index contributed by atoms with van der Waals surface area (Å²) >= 11 is 5.63. The van der Waals surface area contributed by atoms with E-state index < -0.39 is 6.04 Å². The number of anilines is 1. The largest absolute Gasteiger partial charge is 0.324 e. The first-order chi connectivity index (χ1) is 7.71. The van der Waals surface area contributed by atoms with Crippen molar-refractivity contribution in [3.05, 3.63) is 26.2 Å². The molecule has 1 aromatic carbocycles. The van der Waals surface area contributed by atoms with Crippen molar-refractivity contribution >= 4 is 50.1 Å². The molecular formula is C12H16BrIN2O. The molecule has 0 bridgehead atoms. The van der Waals surface area contributed by atoms with Gasteiger partial charge in [-0.15, -0.1) is 0 Å². The molecule has 3 N–H and O–H groups in total. The average Bonchev–Trinajstić information content (AvgIpc) is 2.19. The van der Waals surface area contributed by atoms with Gasteiger partial charge in [0.2, 0.25) is 5.91 Å². The maximum absolute atomic E-state index is 11.9. The Morgan fingerprint density at radius 3 is 2.53 bits per heavy atom. The Kier molecular flexibility index (Phi) is 4.97. The lowest BCUT2D eigenvalue weighted by Crippen LogP contribution is -2.45. The fourth-order valence-electron chi connectivity index (χ4n) is 1.19. The summed E-state index contributed by atoms with van der Waals surface area (Å²) in [6.07, 6.45) is 0. The summed E-state index contributed by atoms with van der Waals surface area (Å²) in [7, 11) is 0. The van der Waals surface area contributed by atoms with Crippen LogP contribution in [0.2, 0.25) is 0 Å². The smallest absolute Gasteiger partial charge is 0.241 e. The summed E-state index contributed by atoms with van der Waals surface area (Å²) in [5.41, 5.74) is 6.39. The molecule has 1 atom stereocenters. The number of hydrogen-bond donors (Lipinski definition) is 2. The SMILES string of the molecule is CC(C)(C)[C@@H](N)C(=O)Nc1ccc(I)cc1Br. The Labute approximate surface area is 124 Å². The molecule has 0 fully saturated rings. The van der Waals surface area contributed by atoms with Gasteiger partial charge in [0.05, 0.1) is 11.7 Å². The van der Waals surface area contributed by atoms with Crippen LogP contribution in [0.4, 0.5) is 5.69 Å². The van der Waals surface area contributed by atoms with Crippen LogP contribution >= 0.6 is 38.5 Å². The number of nitrogens with two attached hydrogens (primary N) is 1. The molecule has 0 saturated carbocycles. The highest BCUT2D eigenvalue weighted by atomic mass is 127. The highest BCUT2D eigenvalue weighted by Gasteiger charge is 2.27. The molecule has 0 unspecified atom stereocenters. The van der Waals surface area contributed by atoms with Gasteiger partial charge >= 0.3 is 0 Å². The third-order valence-corrected chi connectivity index (χ3v) is 3.73. The van der Waals surface area contributed by atoms with Gasteiger partial charge in [-0.25, -0.2) is 0 Å². The zero-order valence-corrected chi connectivity index (χ0v) is 13.8. The first-order valence-electron chi connectivity index (χ1n) is 5.23. The quantitative estimate of drug-likeness (QED) is 0.734. The van der Waals surface area contributed by atoms with Gasteiger partial charge in [-0.2, -0.15) is 0 Å². The van der Waals surface area contributed by atoms with Crippen molar-refractivity contribution in [2.24, 2.45) is 11.1 Å². The molecular weight excluding hydrogens is 395 g/mol. The van der Waals surface area contributed by atoms with Gasteiger partial charge in [0.15, 0.2) is 0 Å². The summed E-state index contributed by atoms with van der Waals surface area (Å²) in [4.78, 5) is 11.9. The van der Waals surface area contributed by atoms with E-state index in [-0.39, 0.29) is 11.3 Å². The molecule has 1 aromatic rings. The number of halogens is 2. The Hall–Kier alpha value is -0.140. The molecule has 0 aliphatic carbocycles. The second-order valence-corrected chi connectivity index (χ2v) is 7.06. The summed E-state index contributed by atoms with van der Waals surface area (Å²) in [5.74, 6) is -0.167. The standard InChI is InChI=1S/C12H16BrIN2O/c1-12(2,3)10(15)11(17)16-9-5-4-7(14)6-8(9)13/h4-6,10H,15H2,1-3H3,(H,16,17)/t10-/m0/s1. The van der Waals surface area contributed by atoms with E-state index in [0.29, 0.717) is 0 Å². The molecule has 1 amide bonds. The van der Waals surface area contributed by atoms with Crippen LogP contribution in [0.15, 0.2) is 22.7 Å². The van der Waals surface area contributed by atoms with Crippen molar-refractivity contribution in [1.82, 2.24) is 0 Å². The van der Waals surface area contributed by atoms with Crippen LogP contribution in [0.1, 0.15) is 20.8 Å². The number of benzene rings is 1. The van der Waals surface area contributed by atoms with Crippen molar-refractivity contribution in [1.29, 1.82) is 0 Å². The van der Waals surface area contributed by atoms with Gasteiger partial charge in [-0.3, -0.25) is 4.79 Å². The lowest BCUT2D eigenvalue weighted by molar-refractivity contribution is -0.119. The lowest BCUT2D eigenvalue weighted by Gasteiger charge is -2.26. The minimum atomic E-state index is -0.534. The zero-order chi connectivity index (χ0) is 13.2. The fourth-order valence-corrected chi connectivity index (χ4v) is 2.59. The first-order valence-corrected chi connectivity index (χ1v) is 7.10. The molecule has 0 aromatic heterocycles. The molecule has 0 radical (unpaired) electrons. The van der Waals surface area contributed by atoms with E-state index in [0.717, 1.165) is 13.7 Å². The highest BCUT2D eigenvalue weighted by Crippen LogP contribution is 2.25. The lowest BCUT2D eigenvalue weighted by atomic mass is 9.87. The van der Waals surface area contributed by atoms with Crippen molar-refractivity contribution in [3.63, 3.8) is 0 Å².